The second-order valence-electron chi connectivity index (χ2n) is 7.12. The number of pyridine rings is 1. The summed E-state index contributed by atoms with van der Waals surface area (Å²) in [4.78, 5) is 28.9. The number of hydrogen-bond donors (Lipinski definition) is 2. The van der Waals surface area contributed by atoms with Gasteiger partial charge in [0.25, 0.3) is 11.8 Å². The number of amides is 2. The van der Waals surface area contributed by atoms with Crippen LogP contribution in [-0.2, 0) is 13.0 Å². The van der Waals surface area contributed by atoms with Gasteiger partial charge in [-0.05, 0) is 44.2 Å². The molecule has 1 atom stereocenters. The van der Waals surface area contributed by atoms with Gasteiger partial charge in [-0.25, -0.2) is 0 Å². The molecule has 2 N–H and O–H groups in total. The lowest BCUT2D eigenvalue weighted by molar-refractivity contribution is 0.0924. The summed E-state index contributed by atoms with van der Waals surface area (Å²) in [6.07, 6.45) is 2.39. The van der Waals surface area contributed by atoms with Gasteiger partial charge in [-0.15, -0.1) is 0 Å². The standard InChI is InChI=1S/C20H21N5O2/c1-12(2)22-20(27)18-10-16-9-15(11-25(16)24-18)23-19(26)14-5-6-17-13(8-14)4-3-7-21-17/h3-8,10,12,15H,9,11H2,1-2H3,(H,22,27)(H,23,26)/t15-/m0/s1. The topological polar surface area (TPSA) is 88.9 Å². The number of rotatable bonds is 4. The Hall–Kier alpha value is -3.22. The van der Waals surface area contributed by atoms with Crippen LogP contribution >= 0.6 is 0 Å². The first-order valence-electron chi connectivity index (χ1n) is 9.03. The minimum absolute atomic E-state index is 0.0354. The summed E-state index contributed by atoms with van der Waals surface area (Å²) in [5, 5.41) is 11.2. The van der Waals surface area contributed by atoms with Gasteiger partial charge in [0.05, 0.1) is 18.1 Å². The number of carbonyl (C=O) groups excluding carboxylic acids is 2. The van der Waals surface area contributed by atoms with Crippen molar-refractivity contribution in [3.05, 3.63) is 59.5 Å². The number of hydrogen-bond acceptors (Lipinski definition) is 4. The molecular weight excluding hydrogens is 342 g/mol. The second-order valence-corrected chi connectivity index (χ2v) is 7.12. The molecule has 4 rings (SSSR count). The van der Waals surface area contributed by atoms with E-state index in [2.05, 4.69) is 20.7 Å². The summed E-state index contributed by atoms with van der Waals surface area (Å²) in [5.41, 5.74) is 2.85. The average Bonchev–Trinajstić information content (AvgIpc) is 3.19. The quantitative estimate of drug-likeness (QED) is 0.741. The van der Waals surface area contributed by atoms with Gasteiger partial charge in [0, 0.05) is 35.3 Å². The third kappa shape index (κ3) is 3.53. The predicted molar refractivity (Wildman–Crippen MR) is 102 cm³/mol. The first-order chi connectivity index (χ1) is 13.0. The number of fused-ring (bicyclic) bond motifs is 2. The minimum atomic E-state index is -0.169. The van der Waals surface area contributed by atoms with Gasteiger partial charge in [-0.1, -0.05) is 6.07 Å². The molecule has 0 saturated carbocycles. The highest BCUT2D eigenvalue weighted by atomic mass is 16.2. The van der Waals surface area contributed by atoms with Crippen LogP contribution in [0.2, 0.25) is 0 Å². The van der Waals surface area contributed by atoms with Crippen molar-refractivity contribution in [2.75, 3.05) is 0 Å². The molecule has 7 heteroatoms. The van der Waals surface area contributed by atoms with Gasteiger partial charge < -0.3 is 10.6 Å². The molecule has 2 amide bonds. The summed E-state index contributed by atoms with van der Waals surface area (Å²) in [5.74, 6) is -0.286. The highest BCUT2D eigenvalue weighted by Crippen LogP contribution is 2.18. The summed E-state index contributed by atoms with van der Waals surface area (Å²) in [6.45, 7) is 4.39. The molecule has 1 aliphatic rings. The molecule has 0 unspecified atom stereocenters. The Kier molecular flexibility index (Phi) is 4.35. The Bertz CT molecular complexity index is 1000. The lowest BCUT2D eigenvalue weighted by Gasteiger charge is -2.12. The van der Waals surface area contributed by atoms with E-state index in [1.807, 2.05) is 38.1 Å². The third-order valence-electron chi connectivity index (χ3n) is 4.56. The number of carbonyl (C=O) groups is 2. The third-order valence-corrected chi connectivity index (χ3v) is 4.56. The van der Waals surface area contributed by atoms with Crippen LogP contribution in [0.3, 0.4) is 0 Å². The summed E-state index contributed by atoms with van der Waals surface area (Å²) in [7, 11) is 0. The molecule has 0 spiro atoms. The molecule has 3 aromatic rings. The number of nitrogens with one attached hydrogen (secondary N) is 2. The predicted octanol–water partition coefficient (Wildman–Crippen LogP) is 1.92. The number of nitrogens with zero attached hydrogens (tertiary/aromatic N) is 3. The first kappa shape index (κ1) is 17.2. The van der Waals surface area contributed by atoms with Gasteiger partial charge >= 0.3 is 0 Å². The van der Waals surface area contributed by atoms with E-state index in [1.165, 1.54) is 0 Å². The monoisotopic (exact) mass is 363 g/mol. The van der Waals surface area contributed by atoms with Crippen molar-refractivity contribution in [2.24, 2.45) is 0 Å². The fourth-order valence-corrected chi connectivity index (χ4v) is 3.33. The Morgan fingerprint density at radius 1 is 1.19 bits per heavy atom. The van der Waals surface area contributed by atoms with Crippen LogP contribution in [0.25, 0.3) is 10.9 Å². The maximum Gasteiger partial charge on any atom is 0.271 e. The molecule has 138 valence electrons. The SMILES string of the molecule is CC(C)NC(=O)c1cc2n(n1)C[C@@H](NC(=O)c1ccc3ncccc3c1)C2. The van der Waals surface area contributed by atoms with Crippen LogP contribution in [0.5, 0.6) is 0 Å². The summed E-state index contributed by atoms with van der Waals surface area (Å²) >= 11 is 0. The average molecular weight is 363 g/mol. The second kappa shape index (κ2) is 6.83. The van der Waals surface area contributed by atoms with Gasteiger partial charge in [0.1, 0.15) is 5.69 Å². The van der Waals surface area contributed by atoms with Crippen LogP contribution < -0.4 is 10.6 Å². The largest absolute Gasteiger partial charge is 0.348 e. The lowest BCUT2D eigenvalue weighted by Crippen LogP contribution is -2.36. The zero-order valence-electron chi connectivity index (χ0n) is 15.3. The van der Waals surface area contributed by atoms with Gasteiger partial charge in [-0.2, -0.15) is 5.10 Å². The van der Waals surface area contributed by atoms with Crippen LogP contribution in [0, 0.1) is 0 Å². The van der Waals surface area contributed by atoms with Gasteiger partial charge in [-0.3, -0.25) is 19.3 Å². The molecule has 0 fully saturated rings. The van der Waals surface area contributed by atoms with E-state index in [4.69, 9.17) is 0 Å². The Balaban J connectivity index is 1.42. The van der Waals surface area contributed by atoms with Crippen LogP contribution in [0.1, 0.15) is 40.4 Å². The van der Waals surface area contributed by atoms with Crippen molar-refractivity contribution in [1.29, 1.82) is 0 Å². The maximum absolute atomic E-state index is 12.6. The molecule has 0 aliphatic carbocycles. The summed E-state index contributed by atoms with van der Waals surface area (Å²) in [6, 6.07) is 11.1. The number of aromatic nitrogens is 3. The van der Waals surface area contributed by atoms with E-state index in [9.17, 15) is 9.59 Å². The van der Waals surface area contributed by atoms with E-state index in [0.29, 0.717) is 24.2 Å². The van der Waals surface area contributed by atoms with Crippen molar-refractivity contribution >= 4 is 22.7 Å². The van der Waals surface area contributed by atoms with Gasteiger partial charge in [0.2, 0.25) is 0 Å². The van der Waals surface area contributed by atoms with Gasteiger partial charge in [0.15, 0.2) is 0 Å². The fourth-order valence-electron chi connectivity index (χ4n) is 3.33. The van der Waals surface area contributed by atoms with E-state index in [0.717, 1.165) is 16.6 Å². The van der Waals surface area contributed by atoms with Crippen molar-refractivity contribution in [3.63, 3.8) is 0 Å². The molecule has 3 heterocycles. The van der Waals surface area contributed by atoms with E-state index in [-0.39, 0.29) is 23.9 Å². The Morgan fingerprint density at radius 3 is 2.81 bits per heavy atom. The fraction of sp³-hybridized carbons (Fsp3) is 0.300. The highest BCUT2D eigenvalue weighted by molar-refractivity contribution is 5.98. The van der Waals surface area contributed by atoms with E-state index >= 15 is 0 Å². The lowest BCUT2D eigenvalue weighted by atomic mass is 10.1. The summed E-state index contributed by atoms with van der Waals surface area (Å²) < 4.78 is 1.80. The zero-order valence-corrected chi connectivity index (χ0v) is 15.3. The van der Waals surface area contributed by atoms with Crippen molar-refractivity contribution < 1.29 is 9.59 Å². The van der Waals surface area contributed by atoms with Crippen molar-refractivity contribution in [1.82, 2.24) is 25.4 Å². The maximum atomic E-state index is 12.6. The molecule has 0 radical (unpaired) electrons. The molecule has 0 bridgehead atoms. The first-order valence-corrected chi connectivity index (χ1v) is 9.03. The van der Waals surface area contributed by atoms with E-state index in [1.54, 1.807) is 23.0 Å². The zero-order chi connectivity index (χ0) is 19.0. The van der Waals surface area contributed by atoms with Crippen LogP contribution in [0.15, 0.2) is 42.6 Å². The molecule has 1 aromatic carbocycles. The Labute approximate surface area is 156 Å². The minimum Gasteiger partial charge on any atom is -0.348 e. The molecule has 2 aromatic heterocycles. The van der Waals surface area contributed by atoms with Crippen molar-refractivity contribution in [2.45, 2.75) is 38.9 Å². The smallest absolute Gasteiger partial charge is 0.271 e. The molecule has 1 aliphatic heterocycles. The van der Waals surface area contributed by atoms with E-state index < -0.39 is 0 Å². The molecule has 7 nitrogen and oxygen atoms in total. The normalized spacial score (nSPS) is 15.7. The number of benzene rings is 1. The molecular formula is C20H21N5O2. The van der Waals surface area contributed by atoms with Crippen LogP contribution in [-0.4, -0.2) is 38.7 Å². The van der Waals surface area contributed by atoms with Crippen LogP contribution in [0.4, 0.5) is 0 Å². The highest BCUT2D eigenvalue weighted by Gasteiger charge is 2.26. The molecule has 27 heavy (non-hydrogen) atoms. The van der Waals surface area contributed by atoms with Crippen molar-refractivity contribution in [3.8, 4) is 0 Å². The molecule has 0 saturated heterocycles. The Morgan fingerprint density at radius 2 is 2.04 bits per heavy atom.